The van der Waals surface area contributed by atoms with Gasteiger partial charge in [0.1, 0.15) is 48.4 Å². The van der Waals surface area contributed by atoms with Crippen molar-refractivity contribution in [1.29, 1.82) is 0 Å². The fourth-order valence-corrected chi connectivity index (χ4v) is 7.69. The third kappa shape index (κ3) is 10.2. The third-order valence-electron chi connectivity index (χ3n) is 10.7. The topological polar surface area (TPSA) is 231 Å². The first-order valence-electron chi connectivity index (χ1n) is 17.7. The number of carboxylic acids is 1. The summed E-state index contributed by atoms with van der Waals surface area (Å²) in [6.45, 7) is 3.67. The van der Waals surface area contributed by atoms with Crippen LogP contribution in [0.1, 0.15) is 78.6 Å². The van der Waals surface area contributed by atoms with Gasteiger partial charge in [0.2, 0.25) is 0 Å². The molecule has 51 heavy (non-hydrogen) atoms. The van der Waals surface area contributed by atoms with Gasteiger partial charge in [-0.05, 0) is 44.9 Å². The molecule has 18 heteroatoms. The summed E-state index contributed by atoms with van der Waals surface area (Å²) >= 11 is 0. The number of nitrogens with one attached hydrogen (secondary N) is 1. The van der Waals surface area contributed by atoms with E-state index in [1.54, 1.807) is 12.2 Å². The second-order valence-corrected chi connectivity index (χ2v) is 14.3. The van der Waals surface area contributed by atoms with Gasteiger partial charge in [-0.2, -0.15) is 13.2 Å². The van der Waals surface area contributed by atoms with Gasteiger partial charge in [-0.15, -0.1) is 0 Å². The highest BCUT2D eigenvalue weighted by atomic mass is 19.4. The molecule has 2 aliphatic heterocycles. The van der Waals surface area contributed by atoms with Crippen LogP contribution in [0.15, 0.2) is 0 Å². The molecule has 1 amide bonds. The van der Waals surface area contributed by atoms with Crippen molar-refractivity contribution >= 4 is 17.7 Å². The lowest BCUT2D eigenvalue weighted by molar-refractivity contribution is -0.338. The van der Waals surface area contributed by atoms with Gasteiger partial charge < -0.3 is 59.6 Å². The number of halogens is 3. The van der Waals surface area contributed by atoms with Gasteiger partial charge in [0.15, 0.2) is 18.7 Å². The number of hydrogen-bond donors (Lipinski definition) is 7. The van der Waals surface area contributed by atoms with E-state index in [2.05, 4.69) is 0 Å². The summed E-state index contributed by atoms with van der Waals surface area (Å²) in [5.41, 5.74) is 0. The zero-order chi connectivity index (χ0) is 37.8. The zero-order valence-electron chi connectivity index (χ0n) is 28.9. The summed E-state index contributed by atoms with van der Waals surface area (Å²) in [6.07, 6.45) is -19.3. The highest BCUT2D eigenvalue weighted by Gasteiger charge is 2.54. The summed E-state index contributed by atoms with van der Waals surface area (Å²) in [4.78, 5) is 37.4. The fraction of sp³-hybridized carbons (Fsp3) is 0.909. The number of Topliss-reactive ketones (excluding diaryl/α,β-unsaturated/α-hetero) is 1. The minimum absolute atomic E-state index is 0.0195. The third-order valence-corrected chi connectivity index (χ3v) is 10.7. The molecule has 15 nitrogen and oxygen atoms in total. The molecule has 2 saturated heterocycles. The Morgan fingerprint density at radius 1 is 0.902 bits per heavy atom. The van der Waals surface area contributed by atoms with Crippen molar-refractivity contribution in [3.8, 4) is 0 Å². The smallest absolute Gasteiger partial charge is 0.471 e. The summed E-state index contributed by atoms with van der Waals surface area (Å²) in [5, 5.41) is 64.4. The Bertz CT molecular complexity index is 1170. The van der Waals surface area contributed by atoms with Crippen LogP contribution < -0.4 is 5.32 Å². The maximum atomic E-state index is 13.7. The van der Waals surface area contributed by atoms with Gasteiger partial charge in [0, 0.05) is 5.92 Å². The van der Waals surface area contributed by atoms with Crippen LogP contribution in [0.4, 0.5) is 13.2 Å². The van der Waals surface area contributed by atoms with E-state index in [9.17, 15) is 58.2 Å². The number of hydrogen-bond acceptors (Lipinski definition) is 13. The molecular formula is C33H52F3NO14. The highest BCUT2D eigenvalue weighted by molar-refractivity contribution is 5.82. The molecule has 0 bridgehead atoms. The molecule has 4 aliphatic rings. The van der Waals surface area contributed by atoms with Crippen molar-refractivity contribution in [3.05, 3.63) is 0 Å². The minimum atomic E-state index is -5.43. The number of carbonyl (C=O) groups is 3. The quantitative estimate of drug-likeness (QED) is 0.137. The summed E-state index contributed by atoms with van der Waals surface area (Å²) < 4.78 is 70.7. The number of alkyl halides is 3. The van der Waals surface area contributed by atoms with Crippen molar-refractivity contribution in [2.45, 2.75) is 164 Å². The van der Waals surface area contributed by atoms with E-state index in [1.165, 1.54) is 13.8 Å². The summed E-state index contributed by atoms with van der Waals surface area (Å²) in [6, 6.07) is -1.99. The van der Waals surface area contributed by atoms with Crippen molar-refractivity contribution in [1.82, 2.24) is 5.32 Å². The molecule has 294 valence electrons. The molecule has 2 heterocycles. The minimum Gasteiger partial charge on any atom is -0.479 e. The van der Waals surface area contributed by atoms with Crippen LogP contribution in [0.2, 0.25) is 0 Å². The van der Waals surface area contributed by atoms with Crippen molar-refractivity contribution in [3.63, 3.8) is 0 Å². The van der Waals surface area contributed by atoms with Gasteiger partial charge >= 0.3 is 18.1 Å². The second-order valence-electron chi connectivity index (χ2n) is 14.3. The summed E-state index contributed by atoms with van der Waals surface area (Å²) in [7, 11) is 0. The van der Waals surface area contributed by atoms with E-state index in [0.717, 1.165) is 19.3 Å². The summed E-state index contributed by atoms with van der Waals surface area (Å²) in [5.74, 6) is -5.33. The molecule has 6 unspecified atom stereocenters. The highest BCUT2D eigenvalue weighted by Crippen LogP contribution is 2.40. The van der Waals surface area contributed by atoms with Gasteiger partial charge in [0.05, 0.1) is 24.9 Å². The predicted molar refractivity (Wildman–Crippen MR) is 167 cm³/mol. The molecule has 0 aromatic carbocycles. The first-order valence-corrected chi connectivity index (χ1v) is 17.7. The maximum absolute atomic E-state index is 13.7. The molecule has 0 spiro atoms. The van der Waals surface area contributed by atoms with E-state index < -0.39 is 116 Å². The lowest BCUT2D eigenvalue weighted by Gasteiger charge is -2.49. The van der Waals surface area contributed by atoms with Gasteiger partial charge in [0.25, 0.3) is 0 Å². The first kappa shape index (κ1) is 41.8. The van der Waals surface area contributed by atoms with Crippen LogP contribution in [0.25, 0.3) is 0 Å². The number of aliphatic hydroxyl groups is 5. The number of rotatable bonds is 13. The van der Waals surface area contributed by atoms with Crippen molar-refractivity contribution in [2.75, 3.05) is 6.61 Å². The Hall–Kier alpha value is -2.00. The number of aliphatic carboxylic acids is 1. The average molecular weight is 744 g/mol. The SMILES string of the molecule is CC[C@@H]1CC(C(C)=O)C[C@@H](O[C@@H]2O[C@@H](CO)[C@H](O)C(O[C@@H](CC3CCCCC3)C(=O)O)C2NC(=O)C(F)(F)F)C1OC1O[C@@H](C)C(O)[C@H](O)[C@@H]1O. The molecule has 7 N–H and O–H groups in total. The van der Waals surface area contributed by atoms with Crippen LogP contribution in [0.5, 0.6) is 0 Å². The van der Waals surface area contributed by atoms with E-state index in [4.69, 9.17) is 23.7 Å². The Morgan fingerprint density at radius 2 is 1.57 bits per heavy atom. The largest absolute Gasteiger partial charge is 0.479 e. The van der Waals surface area contributed by atoms with Crippen molar-refractivity contribution in [2.24, 2.45) is 17.8 Å². The monoisotopic (exact) mass is 743 g/mol. The number of ether oxygens (including phenoxy) is 5. The maximum Gasteiger partial charge on any atom is 0.471 e. The second kappa shape index (κ2) is 17.9. The van der Waals surface area contributed by atoms with E-state index in [-0.39, 0.29) is 31.0 Å². The first-order chi connectivity index (χ1) is 24.0. The molecule has 4 rings (SSSR count). The lowest BCUT2D eigenvalue weighted by Crippen LogP contribution is -2.68. The Kier molecular flexibility index (Phi) is 14.6. The normalized spacial score (nSPS) is 40.4. The molecule has 15 atom stereocenters. The van der Waals surface area contributed by atoms with E-state index in [1.807, 2.05) is 0 Å². The van der Waals surface area contributed by atoms with Crippen LogP contribution in [0.3, 0.4) is 0 Å². The number of carbonyl (C=O) groups excluding carboxylic acids is 2. The van der Waals surface area contributed by atoms with Crippen LogP contribution in [-0.2, 0) is 38.1 Å². The molecular weight excluding hydrogens is 691 g/mol. The van der Waals surface area contributed by atoms with E-state index in [0.29, 0.717) is 19.3 Å². The Morgan fingerprint density at radius 3 is 2.14 bits per heavy atom. The molecule has 0 aromatic rings. The Labute approximate surface area is 293 Å². The van der Waals surface area contributed by atoms with Gasteiger partial charge in [-0.1, -0.05) is 45.4 Å². The lowest BCUT2D eigenvalue weighted by atomic mass is 9.75. The zero-order valence-corrected chi connectivity index (χ0v) is 28.9. The molecule has 2 saturated carbocycles. The standard InChI is InChI=1S/C33H52F3NO14/c1-4-17-11-18(14(2)39)12-19(27(17)51-31-26(43)25(42)23(40)15(3)47-31)49-30-22(37-32(46)33(34,35)36)28(24(41)21(13-38)50-30)48-20(29(44)45)10-16-8-6-5-7-9-16/h15-28,30-31,38,40-43H,4-13H2,1-3H3,(H,37,46)(H,44,45)/t15-,17+,18?,19+,20-,21-,22?,23?,24-,25-,26-,27?,28?,30+,31?/m0/s1. The molecule has 2 aliphatic carbocycles. The number of aliphatic hydroxyl groups excluding tert-OH is 5. The number of amides is 1. The van der Waals surface area contributed by atoms with Crippen LogP contribution in [0, 0.1) is 17.8 Å². The molecule has 0 aromatic heterocycles. The average Bonchev–Trinajstić information content (AvgIpc) is 3.08. The van der Waals surface area contributed by atoms with Gasteiger partial charge in [-0.25, -0.2) is 4.79 Å². The Balaban J connectivity index is 1.70. The van der Waals surface area contributed by atoms with Gasteiger partial charge in [-0.3, -0.25) is 9.59 Å². The molecule has 0 radical (unpaired) electrons. The number of ketones is 1. The van der Waals surface area contributed by atoms with Crippen molar-refractivity contribution < 1.29 is 81.9 Å². The number of carboxylic acid groups (broad SMARTS) is 1. The van der Waals surface area contributed by atoms with Crippen LogP contribution in [-0.4, -0.2) is 141 Å². The van der Waals surface area contributed by atoms with E-state index >= 15 is 0 Å². The van der Waals surface area contributed by atoms with Crippen LogP contribution >= 0.6 is 0 Å². The molecule has 4 fully saturated rings. The predicted octanol–water partition coefficient (Wildman–Crippen LogP) is 0.544. The fourth-order valence-electron chi connectivity index (χ4n) is 7.69.